The normalized spacial score (nSPS) is 36.3. The number of ether oxygens (including phenoxy) is 2. The van der Waals surface area contributed by atoms with E-state index < -0.39 is 0 Å². The molecule has 2 aliphatic rings. The predicted octanol–water partition coefficient (Wildman–Crippen LogP) is -0.107. The first-order valence-electron chi connectivity index (χ1n) is 3.80. The second kappa shape index (κ2) is 2.19. The number of hydrogen-bond donors (Lipinski definition) is 1. The van der Waals surface area contributed by atoms with Gasteiger partial charge in [0.05, 0.1) is 19.3 Å². The van der Waals surface area contributed by atoms with Crippen LogP contribution in [0, 0.1) is 0 Å². The van der Waals surface area contributed by atoms with E-state index in [2.05, 4.69) is 0 Å². The Hall–Kier alpha value is -0.120. The molecule has 0 amide bonds. The Morgan fingerprint density at radius 1 is 1.50 bits per heavy atom. The smallest absolute Gasteiger partial charge is 0.115 e. The largest absolute Gasteiger partial charge is 0.375 e. The van der Waals surface area contributed by atoms with Gasteiger partial charge in [-0.1, -0.05) is 0 Å². The molecular weight excluding hydrogens is 130 g/mol. The minimum Gasteiger partial charge on any atom is -0.375 e. The van der Waals surface area contributed by atoms with Crippen LogP contribution in [0.3, 0.4) is 0 Å². The molecular formula is C7H13NO2. The molecule has 0 aromatic rings. The van der Waals surface area contributed by atoms with E-state index in [1.54, 1.807) is 0 Å². The summed E-state index contributed by atoms with van der Waals surface area (Å²) in [6.45, 7) is 2.22. The highest BCUT2D eigenvalue weighted by atomic mass is 16.6. The third kappa shape index (κ3) is 0.856. The lowest BCUT2D eigenvalue weighted by Gasteiger charge is -2.37. The molecule has 58 valence electrons. The van der Waals surface area contributed by atoms with Crippen molar-refractivity contribution in [2.24, 2.45) is 5.73 Å². The lowest BCUT2D eigenvalue weighted by atomic mass is 9.98. The van der Waals surface area contributed by atoms with Crippen molar-refractivity contribution in [3.05, 3.63) is 0 Å². The van der Waals surface area contributed by atoms with E-state index in [-0.39, 0.29) is 5.60 Å². The Labute approximate surface area is 60.5 Å². The van der Waals surface area contributed by atoms with Crippen molar-refractivity contribution in [2.45, 2.75) is 24.5 Å². The van der Waals surface area contributed by atoms with Crippen LogP contribution in [0.4, 0.5) is 0 Å². The summed E-state index contributed by atoms with van der Waals surface area (Å²) >= 11 is 0. The van der Waals surface area contributed by atoms with Crippen molar-refractivity contribution >= 4 is 0 Å². The highest BCUT2D eigenvalue weighted by Gasteiger charge is 2.45. The van der Waals surface area contributed by atoms with Gasteiger partial charge in [0, 0.05) is 6.54 Å². The summed E-state index contributed by atoms with van der Waals surface area (Å²) in [6, 6.07) is 0. The number of nitrogens with two attached hydrogens (primary N) is 1. The van der Waals surface area contributed by atoms with Crippen LogP contribution >= 0.6 is 0 Å². The topological polar surface area (TPSA) is 44.5 Å². The van der Waals surface area contributed by atoms with Crippen LogP contribution in [-0.2, 0) is 9.47 Å². The summed E-state index contributed by atoms with van der Waals surface area (Å²) in [5, 5.41) is 0. The van der Waals surface area contributed by atoms with Crippen LogP contribution in [0.15, 0.2) is 0 Å². The molecule has 0 aromatic heterocycles. The Morgan fingerprint density at radius 2 is 2.30 bits per heavy atom. The lowest BCUT2D eigenvalue weighted by molar-refractivity contribution is -0.198. The summed E-state index contributed by atoms with van der Waals surface area (Å²) in [6.07, 6.45) is 2.54. The van der Waals surface area contributed by atoms with E-state index in [0.29, 0.717) is 12.6 Å². The van der Waals surface area contributed by atoms with Gasteiger partial charge in [-0.05, 0) is 12.8 Å². The van der Waals surface area contributed by atoms with Crippen molar-refractivity contribution in [3.63, 3.8) is 0 Å². The van der Waals surface area contributed by atoms with Crippen molar-refractivity contribution in [1.82, 2.24) is 0 Å². The molecule has 1 spiro atoms. The van der Waals surface area contributed by atoms with E-state index in [4.69, 9.17) is 15.2 Å². The van der Waals surface area contributed by atoms with Crippen LogP contribution in [0.1, 0.15) is 12.8 Å². The molecule has 3 nitrogen and oxygen atoms in total. The second-order valence-electron chi connectivity index (χ2n) is 3.19. The van der Waals surface area contributed by atoms with Gasteiger partial charge in [-0.3, -0.25) is 0 Å². The fourth-order valence-electron chi connectivity index (χ4n) is 1.60. The molecule has 1 atom stereocenters. The highest BCUT2D eigenvalue weighted by molar-refractivity contribution is 4.94. The predicted molar refractivity (Wildman–Crippen MR) is 36.7 cm³/mol. The van der Waals surface area contributed by atoms with Crippen LogP contribution in [0.2, 0.25) is 0 Å². The molecule has 0 radical (unpaired) electrons. The van der Waals surface area contributed by atoms with Gasteiger partial charge in [0.1, 0.15) is 5.60 Å². The molecule has 3 heteroatoms. The highest BCUT2D eigenvalue weighted by Crippen LogP contribution is 2.35. The van der Waals surface area contributed by atoms with Crippen LogP contribution in [0.5, 0.6) is 0 Å². The first-order valence-corrected chi connectivity index (χ1v) is 3.80. The van der Waals surface area contributed by atoms with Crippen molar-refractivity contribution in [2.75, 3.05) is 19.8 Å². The molecule has 2 heterocycles. The Morgan fingerprint density at radius 3 is 2.60 bits per heavy atom. The molecule has 2 aliphatic heterocycles. The van der Waals surface area contributed by atoms with Gasteiger partial charge in [-0.2, -0.15) is 0 Å². The molecule has 0 aromatic carbocycles. The Kier molecular flexibility index (Phi) is 1.44. The van der Waals surface area contributed by atoms with Gasteiger partial charge in [0.15, 0.2) is 0 Å². The molecule has 1 unspecified atom stereocenters. The number of rotatable bonds is 1. The average molecular weight is 143 g/mol. The maximum absolute atomic E-state index is 5.68. The van der Waals surface area contributed by atoms with E-state index >= 15 is 0 Å². The molecule has 2 fully saturated rings. The molecule has 0 bridgehead atoms. The first kappa shape index (κ1) is 6.58. The van der Waals surface area contributed by atoms with E-state index in [9.17, 15) is 0 Å². The monoisotopic (exact) mass is 143 g/mol. The molecule has 10 heavy (non-hydrogen) atoms. The molecule has 0 saturated carbocycles. The summed E-state index contributed by atoms with van der Waals surface area (Å²) in [7, 11) is 0. The third-order valence-corrected chi connectivity index (χ3v) is 2.33. The average Bonchev–Trinajstić information content (AvgIpc) is 2.29. The fraction of sp³-hybridized carbons (Fsp3) is 1.00. The zero-order chi connectivity index (χ0) is 7.03. The van der Waals surface area contributed by atoms with Gasteiger partial charge < -0.3 is 15.2 Å². The van der Waals surface area contributed by atoms with E-state index in [1.165, 1.54) is 0 Å². The number of hydrogen-bond acceptors (Lipinski definition) is 3. The van der Waals surface area contributed by atoms with Crippen LogP contribution in [-0.4, -0.2) is 31.5 Å². The van der Waals surface area contributed by atoms with Gasteiger partial charge in [-0.15, -0.1) is 0 Å². The quantitative estimate of drug-likeness (QED) is 0.557. The standard InChI is InChI=1S/C7H13NO2/c8-3-6-1-2-7(10-6)4-9-5-7/h6H,1-5,8H2. The minimum absolute atomic E-state index is 0.0873. The van der Waals surface area contributed by atoms with E-state index in [1.807, 2.05) is 0 Å². The molecule has 2 rings (SSSR count). The van der Waals surface area contributed by atoms with Gasteiger partial charge in [0.2, 0.25) is 0 Å². The second-order valence-corrected chi connectivity index (χ2v) is 3.19. The molecule has 0 aliphatic carbocycles. The van der Waals surface area contributed by atoms with Crippen molar-refractivity contribution in [1.29, 1.82) is 0 Å². The van der Waals surface area contributed by atoms with E-state index in [0.717, 1.165) is 26.1 Å². The summed E-state index contributed by atoms with van der Waals surface area (Å²) < 4.78 is 10.8. The Balaban J connectivity index is 1.92. The maximum atomic E-state index is 5.68. The SMILES string of the molecule is NCC1CCC2(COC2)O1. The fourth-order valence-corrected chi connectivity index (χ4v) is 1.60. The molecule has 2 N–H and O–H groups in total. The van der Waals surface area contributed by atoms with Crippen LogP contribution in [0.25, 0.3) is 0 Å². The van der Waals surface area contributed by atoms with Gasteiger partial charge >= 0.3 is 0 Å². The van der Waals surface area contributed by atoms with Gasteiger partial charge in [-0.25, -0.2) is 0 Å². The minimum atomic E-state index is 0.0873. The van der Waals surface area contributed by atoms with Crippen molar-refractivity contribution in [3.8, 4) is 0 Å². The lowest BCUT2D eigenvalue weighted by Crippen LogP contribution is -2.49. The zero-order valence-electron chi connectivity index (χ0n) is 6.01. The van der Waals surface area contributed by atoms with Crippen molar-refractivity contribution < 1.29 is 9.47 Å². The Bertz CT molecular complexity index is 134. The third-order valence-electron chi connectivity index (χ3n) is 2.33. The summed E-state index contributed by atoms with van der Waals surface area (Å²) in [5.74, 6) is 0. The maximum Gasteiger partial charge on any atom is 0.115 e. The zero-order valence-corrected chi connectivity index (χ0v) is 6.01. The first-order chi connectivity index (χ1) is 4.85. The molecule has 2 saturated heterocycles. The summed E-state index contributed by atoms with van der Waals surface area (Å²) in [4.78, 5) is 0. The van der Waals surface area contributed by atoms with Gasteiger partial charge in [0.25, 0.3) is 0 Å². The van der Waals surface area contributed by atoms with Crippen LogP contribution < -0.4 is 5.73 Å². The summed E-state index contributed by atoms with van der Waals surface area (Å²) in [5.41, 5.74) is 5.56.